The number of rotatable bonds is 5. The number of halogens is 3. The monoisotopic (exact) mass is 342 g/mol. The van der Waals surface area contributed by atoms with Crippen molar-refractivity contribution in [3.05, 3.63) is 35.4 Å². The molecule has 0 spiro atoms. The van der Waals surface area contributed by atoms with Gasteiger partial charge in [0.15, 0.2) is 0 Å². The molecule has 2 rings (SSSR count). The molecule has 1 aliphatic carbocycles. The van der Waals surface area contributed by atoms with E-state index in [0.717, 1.165) is 31.7 Å². The third kappa shape index (κ3) is 4.50. The maximum absolute atomic E-state index is 13.0. The van der Waals surface area contributed by atoms with E-state index >= 15 is 0 Å². The molecule has 6 heteroatoms. The van der Waals surface area contributed by atoms with Crippen LogP contribution in [0.15, 0.2) is 24.3 Å². The van der Waals surface area contributed by atoms with E-state index in [1.54, 1.807) is 0 Å². The molecule has 0 radical (unpaired) electrons. The zero-order valence-electron chi connectivity index (χ0n) is 14.2. The zero-order chi connectivity index (χ0) is 17.8. The molecule has 0 aromatic heterocycles. The molecule has 0 unspecified atom stereocenters. The molecule has 0 atom stereocenters. The van der Waals surface area contributed by atoms with Crippen LogP contribution in [-0.2, 0) is 17.4 Å². The summed E-state index contributed by atoms with van der Waals surface area (Å²) < 4.78 is 39.0. The Morgan fingerprint density at radius 2 is 1.79 bits per heavy atom. The van der Waals surface area contributed by atoms with Gasteiger partial charge in [0, 0.05) is 12.1 Å². The Labute approximate surface area is 141 Å². The van der Waals surface area contributed by atoms with Gasteiger partial charge in [0.05, 0.1) is 12.0 Å². The van der Waals surface area contributed by atoms with Crippen molar-refractivity contribution < 1.29 is 18.0 Å². The number of carbonyl (C=O) groups excluding carboxylic acids is 1. The number of nitrogens with one attached hydrogen (secondary N) is 1. The summed E-state index contributed by atoms with van der Waals surface area (Å²) in [6.07, 6.45) is 0.738. The second-order valence-corrected chi connectivity index (χ2v) is 6.79. The molecule has 1 amide bonds. The molecule has 1 saturated carbocycles. The molecular weight excluding hydrogens is 317 g/mol. The number of likely N-dealkylation sites (N-methyl/N-ethyl adjacent to an activating group) is 1. The van der Waals surface area contributed by atoms with Crippen LogP contribution in [0.3, 0.4) is 0 Å². The molecule has 1 fully saturated rings. The van der Waals surface area contributed by atoms with Crippen LogP contribution < -0.4 is 5.32 Å². The van der Waals surface area contributed by atoms with E-state index in [4.69, 9.17) is 0 Å². The summed E-state index contributed by atoms with van der Waals surface area (Å²) in [7, 11) is 3.99. The lowest BCUT2D eigenvalue weighted by Gasteiger charge is -2.43. The highest BCUT2D eigenvalue weighted by molar-refractivity contribution is 5.79. The predicted octanol–water partition coefficient (Wildman–Crippen LogP) is 3.63. The van der Waals surface area contributed by atoms with Crippen LogP contribution in [0.1, 0.15) is 43.2 Å². The molecule has 0 aliphatic heterocycles. The van der Waals surface area contributed by atoms with Gasteiger partial charge in [-0.2, -0.15) is 13.2 Å². The highest BCUT2D eigenvalue weighted by Crippen LogP contribution is 2.33. The van der Waals surface area contributed by atoms with Crippen molar-refractivity contribution in [1.82, 2.24) is 10.2 Å². The number of hydrogen-bond acceptors (Lipinski definition) is 2. The Hall–Kier alpha value is -1.56. The van der Waals surface area contributed by atoms with E-state index in [1.807, 2.05) is 14.1 Å². The molecule has 134 valence electrons. The number of benzene rings is 1. The van der Waals surface area contributed by atoms with Gasteiger partial charge in [-0.15, -0.1) is 0 Å². The summed E-state index contributed by atoms with van der Waals surface area (Å²) in [6, 6.07) is 5.25. The highest BCUT2D eigenvalue weighted by atomic mass is 19.4. The summed E-state index contributed by atoms with van der Waals surface area (Å²) in [4.78, 5) is 14.3. The van der Waals surface area contributed by atoms with Crippen LogP contribution in [-0.4, -0.2) is 37.0 Å². The molecule has 24 heavy (non-hydrogen) atoms. The Morgan fingerprint density at radius 3 is 2.38 bits per heavy atom. The van der Waals surface area contributed by atoms with E-state index in [1.165, 1.54) is 24.6 Å². The van der Waals surface area contributed by atoms with Crippen LogP contribution in [0.25, 0.3) is 0 Å². The Morgan fingerprint density at radius 1 is 1.17 bits per heavy atom. The van der Waals surface area contributed by atoms with Crippen LogP contribution in [0.5, 0.6) is 0 Å². The van der Waals surface area contributed by atoms with Gasteiger partial charge in [-0.05, 0) is 38.6 Å². The minimum absolute atomic E-state index is 0.0186. The minimum atomic E-state index is -4.44. The lowest BCUT2D eigenvalue weighted by atomic mass is 9.80. The van der Waals surface area contributed by atoms with Crippen LogP contribution in [0.2, 0.25) is 0 Å². The van der Waals surface area contributed by atoms with Crippen molar-refractivity contribution in [3.8, 4) is 0 Å². The van der Waals surface area contributed by atoms with Crippen molar-refractivity contribution in [3.63, 3.8) is 0 Å². The maximum Gasteiger partial charge on any atom is 0.416 e. The van der Waals surface area contributed by atoms with Crippen molar-refractivity contribution in [2.45, 2.75) is 50.2 Å². The van der Waals surface area contributed by atoms with Crippen molar-refractivity contribution in [2.75, 3.05) is 20.6 Å². The van der Waals surface area contributed by atoms with Gasteiger partial charge in [-0.3, -0.25) is 4.79 Å². The Bertz CT molecular complexity index is 564. The van der Waals surface area contributed by atoms with Gasteiger partial charge in [0.25, 0.3) is 0 Å². The second kappa shape index (κ2) is 7.55. The highest BCUT2D eigenvalue weighted by Gasteiger charge is 2.35. The van der Waals surface area contributed by atoms with Gasteiger partial charge in [0.1, 0.15) is 0 Å². The Kier molecular flexibility index (Phi) is 5.91. The summed E-state index contributed by atoms with van der Waals surface area (Å²) in [5, 5.41) is 2.85. The number of amides is 1. The lowest BCUT2D eigenvalue weighted by Crippen LogP contribution is -2.54. The number of nitrogens with zero attached hydrogens (tertiary/aromatic N) is 1. The minimum Gasteiger partial charge on any atom is -0.354 e. The summed E-state index contributed by atoms with van der Waals surface area (Å²) in [5.41, 5.74) is -0.803. The van der Waals surface area contributed by atoms with Crippen molar-refractivity contribution in [2.24, 2.45) is 0 Å². The molecule has 3 nitrogen and oxygen atoms in total. The second-order valence-electron chi connectivity index (χ2n) is 6.79. The predicted molar refractivity (Wildman–Crippen MR) is 87.7 cm³/mol. The average molecular weight is 342 g/mol. The summed E-state index contributed by atoms with van der Waals surface area (Å²) >= 11 is 0. The Balaban J connectivity index is 2.01. The number of carbonyl (C=O) groups is 1. The molecule has 1 aromatic rings. The summed E-state index contributed by atoms with van der Waals surface area (Å²) in [5.74, 6) is -0.363. The van der Waals surface area contributed by atoms with E-state index in [0.29, 0.717) is 6.54 Å². The maximum atomic E-state index is 13.0. The lowest BCUT2D eigenvalue weighted by molar-refractivity contribution is -0.138. The molecule has 1 aliphatic rings. The summed E-state index contributed by atoms with van der Waals surface area (Å²) in [6.45, 7) is 0.479. The number of hydrogen-bond donors (Lipinski definition) is 1. The third-order valence-electron chi connectivity index (χ3n) is 5.02. The van der Waals surface area contributed by atoms with Crippen molar-refractivity contribution in [1.29, 1.82) is 0 Å². The fraction of sp³-hybridized carbons (Fsp3) is 0.611. The van der Waals surface area contributed by atoms with E-state index < -0.39 is 11.7 Å². The largest absolute Gasteiger partial charge is 0.416 e. The fourth-order valence-electron chi connectivity index (χ4n) is 3.44. The topological polar surface area (TPSA) is 32.3 Å². The van der Waals surface area contributed by atoms with Gasteiger partial charge in [-0.25, -0.2) is 0 Å². The fourth-order valence-corrected chi connectivity index (χ4v) is 3.44. The first kappa shape index (κ1) is 18.8. The first-order valence-corrected chi connectivity index (χ1v) is 8.34. The van der Waals surface area contributed by atoms with E-state index in [-0.39, 0.29) is 23.4 Å². The van der Waals surface area contributed by atoms with Crippen LogP contribution >= 0.6 is 0 Å². The smallest absolute Gasteiger partial charge is 0.354 e. The molecule has 0 heterocycles. The van der Waals surface area contributed by atoms with Crippen molar-refractivity contribution >= 4 is 5.91 Å². The molecular formula is C18H25F3N2O. The first-order valence-electron chi connectivity index (χ1n) is 8.34. The SMILES string of the molecule is CN(C)C1(CNC(=O)Cc2ccccc2C(F)(F)F)CCCCC1. The van der Waals surface area contributed by atoms with E-state index in [2.05, 4.69) is 10.2 Å². The van der Waals surface area contributed by atoms with Crippen LogP contribution in [0.4, 0.5) is 13.2 Å². The van der Waals surface area contributed by atoms with Crippen LogP contribution in [0, 0.1) is 0 Å². The average Bonchev–Trinajstić information content (AvgIpc) is 2.53. The number of alkyl halides is 3. The first-order chi connectivity index (χ1) is 11.2. The van der Waals surface area contributed by atoms with Gasteiger partial charge >= 0.3 is 6.18 Å². The van der Waals surface area contributed by atoms with Gasteiger partial charge < -0.3 is 10.2 Å². The molecule has 1 N–H and O–H groups in total. The quantitative estimate of drug-likeness (QED) is 0.886. The normalized spacial score (nSPS) is 17.8. The van der Waals surface area contributed by atoms with E-state index in [9.17, 15) is 18.0 Å². The van der Waals surface area contributed by atoms with Gasteiger partial charge in [0.2, 0.25) is 5.91 Å². The zero-order valence-corrected chi connectivity index (χ0v) is 14.2. The van der Waals surface area contributed by atoms with Gasteiger partial charge in [-0.1, -0.05) is 37.5 Å². The third-order valence-corrected chi connectivity index (χ3v) is 5.02. The molecule has 0 saturated heterocycles. The standard InChI is InChI=1S/C18H25F3N2O/c1-23(2)17(10-6-3-7-11-17)13-22-16(24)12-14-8-4-5-9-15(14)18(19,20)21/h4-5,8-9H,3,6-7,10-13H2,1-2H3,(H,22,24). The molecule has 0 bridgehead atoms. The molecule has 1 aromatic carbocycles.